The van der Waals surface area contributed by atoms with Crippen molar-refractivity contribution >= 4 is 29.2 Å². The molecule has 4 N–H and O–H groups in total. The summed E-state index contributed by atoms with van der Waals surface area (Å²) in [4.78, 5) is 44.3. The lowest BCUT2D eigenvalue weighted by Crippen LogP contribution is -2.62. The number of aromatic nitrogens is 4. The number of hydrogen-bond acceptors (Lipinski definition) is 8. The number of nitrogen functional groups attached to an aromatic ring is 1. The molecular weight excluding hydrogens is 546 g/mol. The molecule has 12 heteroatoms. The van der Waals surface area contributed by atoms with E-state index in [1.165, 1.54) is 4.90 Å². The summed E-state index contributed by atoms with van der Waals surface area (Å²) in [6, 6.07) is 13.7. The third kappa shape index (κ3) is 5.17. The van der Waals surface area contributed by atoms with Crippen LogP contribution in [0.5, 0.6) is 0 Å². The Morgan fingerprint density at radius 2 is 1.72 bits per heavy atom. The van der Waals surface area contributed by atoms with Gasteiger partial charge in [0.2, 0.25) is 0 Å². The second kappa shape index (κ2) is 11.3. The number of rotatable bonds is 6. The third-order valence-corrected chi connectivity index (χ3v) is 9.15. The normalized spacial score (nSPS) is 20.4. The highest BCUT2D eigenvalue weighted by molar-refractivity contribution is 6.04. The molecule has 0 radical (unpaired) electrons. The van der Waals surface area contributed by atoms with E-state index in [1.807, 2.05) is 24.4 Å². The van der Waals surface area contributed by atoms with Gasteiger partial charge in [-0.05, 0) is 56.5 Å². The summed E-state index contributed by atoms with van der Waals surface area (Å²) in [5.41, 5.74) is 9.36. The number of carboxylic acid groups (broad SMARTS) is 1. The van der Waals surface area contributed by atoms with Crippen molar-refractivity contribution in [3.8, 4) is 11.3 Å². The molecule has 3 fully saturated rings. The van der Waals surface area contributed by atoms with E-state index in [-0.39, 0.29) is 11.9 Å². The molecule has 0 bridgehead atoms. The zero-order valence-corrected chi connectivity index (χ0v) is 23.8. The number of nitrogens with one attached hydrogen (secondary N) is 1. The molecule has 12 nitrogen and oxygen atoms in total. The number of likely N-dealkylation sites (tertiary alicyclic amines) is 3. The number of amides is 2. The summed E-state index contributed by atoms with van der Waals surface area (Å²) in [6.07, 6.45) is 8.71. The van der Waals surface area contributed by atoms with E-state index < -0.39 is 6.09 Å². The van der Waals surface area contributed by atoms with Crippen LogP contribution in [0, 0.1) is 0 Å². The molecule has 6 heterocycles. The molecule has 43 heavy (non-hydrogen) atoms. The van der Waals surface area contributed by atoms with E-state index in [0.717, 1.165) is 67.9 Å². The molecule has 1 atom stereocenters. The fourth-order valence-corrected chi connectivity index (χ4v) is 6.86. The minimum Gasteiger partial charge on any atom is -0.465 e. The summed E-state index contributed by atoms with van der Waals surface area (Å²) in [6.45, 7) is 4.21. The largest absolute Gasteiger partial charge is 0.465 e. The van der Waals surface area contributed by atoms with Gasteiger partial charge in [0.1, 0.15) is 28.7 Å². The lowest BCUT2D eigenvalue weighted by molar-refractivity contribution is 0.00809. The van der Waals surface area contributed by atoms with Crippen molar-refractivity contribution in [2.75, 3.05) is 43.8 Å². The van der Waals surface area contributed by atoms with Crippen molar-refractivity contribution in [2.24, 2.45) is 0 Å². The van der Waals surface area contributed by atoms with E-state index >= 15 is 0 Å². The minimum absolute atomic E-state index is 0.161. The Hall–Kier alpha value is -4.55. The molecule has 3 saturated heterocycles. The second-order valence-electron chi connectivity index (χ2n) is 11.6. The van der Waals surface area contributed by atoms with Crippen LogP contribution in [-0.4, -0.2) is 96.0 Å². The number of anilines is 2. The maximum Gasteiger partial charge on any atom is 0.407 e. The van der Waals surface area contributed by atoms with Crippen LogP contribution >= 0.6 is 0 Å². The first-order valence-electron chi connectivity index (χ1n) is 14.9. The Balaban J connectivity index is 1.10. The predicted molar refractivity (Wildman–Crippen MR) is 162 cm³/mol. The molecule has 0 aliphatic carbocycles. The summed E-state index contributed by atoms with van der Waals surface area (Å²) in [5, 5.41) is 12.0. The van der Waals surface area contributed by atoms with Gasteiger partial charge in [-0.2, -0.15) is 0 Å². The van der Waals surface area contributed by atoms with Gasteiger partial charge in [-0.25, -0.2) is 19.7 Å². The zero-order chi connectivity index (χ0) is 29.5. The maximum atomic E-state index is 12.8. The van der Waals surface area contributed by atoms with E-state index in [9.17, 15) is 14.7 Å². The molecule has 0 unspecified atom stereocenters. The lowest BCUT2D eigenvalue weighted by atomic mass is 9.98. The van der Waals surface area contributed by atoms with Crippen LogP contribution in [-0.2, 0) is 0 Å². The number of pyridine rings is 1. The summed E-state index contributed by atoms with van der Waals surface area (Å²) < 4.78 is 2.09. The average molecular weight is 582 g/mol. The van der Waals surface area contributed by atoms with E-state index in [0.29, 0.717) is 42.4 Å². The smallest absolute Gasteiger partial charge is 0.407 e. The molecule has 7 rings (SSSR count). The molecule has 0 saturated carbocycles. The number of hydrogen-bond donors (Lipinski definition) is 3. The lowest BCUT2D eigenvalue weighted by Gasteiger charge is -2.47. The SMILES string of the molecule is Nc1nccn2c([C@@H]3CCCN3C3CCN(C4CN(C(=O)O)C4)CC3)nc(-c3ccc(C(=O)Nc4ccccn4)cc3)c12. The van der Waals surface area contributed by atoms with Gasteiger partial charge in [0.05, 0.1) is 6.04 Å². The Morgan fingerprint density at radius 1 is 0.930 bits per heavy atom. The van der Waals surface area contributed by atoms with Gasteiger partial charge in [0.25, 0.3) is 5.91 Å². The fourth-order valence-electron chi connectivity index (χ4n) is 6.86. The van der Waals surface area contributed by atoms with Gasteiger partial charge in [-0.1, -0.05) is 18.2 Å². The first-order valence-corrected chi connectivity index (χ1v) is 14.9. The Morgan fingerprint density at radius 3 is 2.44 bits per heavy atom. The topological polar surface area (TPSA) is 145 Å². The van der Waals surface area contributed by atoms with Gasteiger partial charge in [0, 0.05) is 68.0 Å². The molecule has 3 aromatic heterocycles. The van der Waals surface area contributed by atoms with Gasteiger partial charge >= 0.3 is 6.09 Å². The van der Waals surface area contributed by atoms with E-state index in [4.69, 9.17) is 10.7 Å². The highest BCUT2D eigenvalue weighted by Crippen LogP contribution is 2.39. The molecule has 222 valence electrons. The quantitative estimate of drug-likeness (QED) is 0.311. The van der Waals surface area contributed by atoms with Crippen molar-refractivity contribution < 1.29 is 14.7 Å². The van der Waals surface area contributed by atoms with Gasteiger partial charge < -0.3 is 21.1 Å². The Bertz CT molecular complexity index is 1630. The molecule has 2 amide bonds. The first kappa shape index (κ1) is 27.3. The number of benzene rings is 1. The minimum atomic E-state index is -0.824. The first-order chi connectivity index (χ1) is 21.0. The molecule has 0 spiro atoms. The standard InChI is InChI=1S/C31H35N9O3/c32-28-27-26(20-6-8-21(9-7-20)30(41)35-25-5-1-2-12-33-25)36-29(40(27)17-13-34-28)24-4-3-14-39(24)22-10-15-37(16-11-22)23-18-38(19-23)31(42)43/h1-2,5-9,12-13,17,22-24H,3-4,10-11,14-16,18-19H2,(H2,32,34)(H,42,43)(H,33,35,41)/t24-/m0/s1. The summed E-state index contributed by atoms with van der Waals surface area (Å²) >= 11 is 0. The molecule has 3 aliphatic rings. The Kier molecular flexibility index (Phi) is 7.15. The monoisotopic (exact) mass is 581 g/mol. The predicted octanol–water partition coefficient (Wildman–Crippen LogP) is 3.59. The van der Waals surface area contributed by atoms with Crippen molar-refractivity contribution in [2.45, 2.75) is 43.8 Å². The van der Waals surface area contributed by atoms with E-state index in [2.05, 4.69) is 29.5 Å². The summed E-state index contributed by atoms with van der Waals surface area (Å²) in [5.74, 6) is 1.65. The fraction of sp³-hybridized carbons (Fsp3) is 0.387. The molecule has 3 aliphatic heterocycles. The number of imidazole rings is 1. The van der Waals surface area contributed by atoms with Crippen molar-refractivity contribution in [3.63, 3.8) is 0 Å². The number of fused-ring (bicyclic) bond motifs is 1. The maximum absolute atomic E-state index is 12.8. The van der Waals surface area contributed by atoms with Crippen LogP contribution in [0.1, 0.15) is 47.9 Å². The van der Waals surface area contributed by atoms with Crippen molar-refractivity contribution in [3.05, 3.63) is 72.4 Å². The average Bonchev–Trinajstić information content (AvgIpc) is 3.63. The van der Waals surface area contributed by atoms with Crippen molar-refractivity contribution in [1.29, 1.82) is 0 Å². The second-order valence-corrected chi connectivity index (χ2v) is 11.6. The van der Waals surface area contributed by atoms with Gasteiger partial charge in [0.15, 0.2) is 0 Å². The van der Waals surface area contributed by atoms with Gasteiger partial charge in [-0.15, -0.1) is 0 Å². The number of piperidine rings is 1. The highest BCUT2D eigenvalue weighted by atomic mass is 16.4. The van der Waals surface area contributed by atoms with Crippen molar-refractivity contribution in [1.82, 2.24) is 34.1 Å². The number of nitrogens with zero attached hydrogens (tertiary/aromatic N) is 7. The zero-order valence-electron chi connectivity index (χ0n) is 23.8. The van der Waals surface area contributed by atoms with Gasteiger partial charge in [-0.3, -0.25) is 19.0 Å². The van der Waals surface area contributed by atoms with Crippen LogP contribution in [0.3, 0.4) is 0 Å². The number of carbonyl (C=O) groups is 2. The number of nitrogens with two attached hydrogens (primary N) is 1. The van der Waals surface area contributed by atoms with E-state index in [1.54, 1.807) is 36.7 Å². The molecule has 4 aromatic rings. The van der Waals surface area contributed by atoms with Crippen LogP contribution in [0.15, 0.2) is 61.1 Å². The van der Waals surface area contributed by atoms with Crippen LogP contribution in [0.2, 0.25) is 0 Å². The van der Waals surface area contributed by atoms with Crippen LogP contribution in [0.25, 0.3) is 16.8 Å². The third-order valence-electron chi connectivity index (χ3n) is 9.15. The Labute approximate surface area is 249 Å². The van der Waals surface area contributed by atoms with Crippen LogP contribution < -0.4 is 11.1 Å². The number of carbonyl (C=O) groups excluding carboxylic acids is 1. The molecule has 1 aromatic carbocycles. The highest BCUT2D eigenvalue weighted by Gasteiger charge is 2.40. The van der Waals surface area contributed by atoms with Crippen LogP contribution in [0.4, 0.5) is 16.4 Å². The molecular formula is C31H35N9O3. The summed E-state index contributed by atoms with van der Waals surface area (Å²) in [7, 11) is 0.